The third kappa shape index (κ3) is 2.94. The molecule has 0 aliphatic carbocycles. The summed E-state index contributed by atoms with van der Waals surface area (Å²) in [4.78, 5) is 0.283. The predicted molar refractivity (Wildman–Crippen MR) is 76.8 cm³/mol. The summed E-state index contributed by atoms with van der Waals surface area (Å²) in [5, 5.41) is 3.49. The molecule has 1 N–H and O–H groups in total. The minimum absolute atomic E-state index is 0.0701. The third-order valence-corrected chi connectivity index (χ3v) is 5.85. The van der Waals surface area contributed by atoms with Crippen LogP contribution in [0.4, 0.5) is 0 Å². The van der Waals surface area contributed by atoms with E-state index in [2.05, 4.69) is 5.32 Å². The van der Waals surface area contributed by atoms with Gasteiger partial charge in [-0.1, -0.05) is 17.7 Å². The van der Waals surface area contributed by atoms with E-state index in [9.17, 15) is 8.42 Å². The van der Waals surface area contributed by atoms with Gasteiger partial charge in [-0.15, -0.1) is 0 Å². The van der Waals surface area contributed by atoms with Gasteiger partial charge in [0.05, 0.1) is 4.90 Å². The smallest absolute Gasteiger partial charge is 0.243 e. The quantitative estimate of drug-likeness (QED) is 0.928. The number of nitrogens with one attached hydrogen (secondary N) is 1. The molecule has 1 aromatic rings. The first kappa shape index (κ1) is 14.8. The molecule has 6 heteroatoms. The molecule has 0 aromatic heterocycles. The fourth-order valence-electron chi connectivity index (χ4n) is 2.42. The zero-order chi connectivity index (χ0) is 14.0. The van der Waals surface area contributed by atoms with Crippen molar-refractivity contribution in [2.24, 2.45) is 0 Å². The van der Waals surface area contributed by atoms with Crippen LogP contribution in [0.5, 0.6) is 0 Å². The maximum atomic E-state index is 12.5. The summed E-state index contributed by atoms with van der Waals surface area (Å²) in [5.74, 6) is 0. The number of halogens is 1. The van der Waals surface area contributed by atoms with Crippen molar-refractivity contribution in [3.05, 3.63) is 28.8 Å². The Kier molecular flexibility index (Phi) is 4.50. The Labute approximate surface area is 119 Å². The molecule has 0 spiro atoms. The van der Waals surface area contributed by atoms with E-state index in [1.165, 1.54) is 0 Å². The summed E-state index contributed by atoms with van der Waals surface area (Å²) in [6.07, 6.45) is 1.84. The number of hydrogen-bond donors (Lipinski definition) is 1. The molecule has 1 atom stereocenters. The molecule has 0 radical (unpaired) electrons. The van der Waals surface area contributed by atoms with Gasteiger partial charge in [-0.2, -0.15) is 4.31 Å². The first-order valence-electron chi connectivity index (χ1n) is 6.41. The third-order valence-electron chi connectivity index (χ3n) is 3.49. The maximum absolute atomic E-state index is 12.5. The van der Waals surface area contributed by atoms with Gasteiger partial charge >= 0.3 is 0 Å². The summed E-state index contributed by atoms with van der Waals surface area (Å²) < 4.78 is 26.6. The van der Waals surface area contributed by atoms with Crippen LogP contribution < -0.4 is 5.32 Å². The Bertz CT molecular complexity index is 560. The number of hydrogen-bond acceptors (Lipinski definition) is 3. The molecule has 1 heterocycles. The molecule has 2 rings (SSSR count). The van der Waals surface area contributed by atoms with Crippen LogP contribution in [0.1, 0.15) is 25.3 Å². The fraction of sp³-hybridized carbons (Fsp3) is 0.538. The Morgan fingerprint density at radius 2 is 2.21 bits per heavy atom. The average molecular weight is 303 g/mol. The number of rotatable bonds is 4. The fourth-order valence-corrected chi connectivity index (χ4v) is 4.46. The second-order valence-electron chi connectivity index (χ2n) is 4.89. The highest BCUT2D eigenvalue weighted by molar-refractivity contribution is 7.89. The monoisotopic (exact) mass is 302 g/mol. The molecule has 1 aromatic carbocycles. The summed E-state index contributed by atoms with van der Waals surface area (Å²) in [6, 6.07) is 5.03. The molecule has 1 unspecified atom stereocenters. The van der Waals surface area contributed by atoms with Crippen molar-refractivity contribution in [1.29, 1.82) is 0 Å². The van der Waals surface area contributed by atoms with Crippen LogP contribution in [0.25, 0.3) is 0 Å². The van der Waals surface area contributed by atoms with Crippen molar-refractivity contribution >= 4 is 21.6 Å². The van der Waals surface area contributed by atoms with E-state index >= 15 is 0 Å². The maximum Gasteiger partial charge on any atom is 0.243 e. The normalized spacial score (nSPS) is 20.9. The van der Waals surface area contributed by atoms with Gasteiger partial charge in [-0.3, -0.25) is 0 Å². The largest absolute Gasteiger partial charge is 0.316 e. The van der Waals surface area contributed by atoms with Gasteiger partial charge in [0.1, 0.15) is 0 Å². The average Bonchev–Trinajstić information content (AvgIpc) is 2.79. The molecule has 1 aliphatic heterocycles. The molecule has 1 aliphatic rings. The molecule has 1 saturated heterocycles. The summed E-state index contributed by atoms with van der Waals surface area (Å²) in [6.45, 7) is 3.17. The Morgan fingerprint density at radius 3 is 2.74 bits per heavy atom. The first-order valence-corrected chi connectivity index (χ1v) is 8.23. The summed E-state index contributed by atoms with van der Waals surface area (Å²) in [7, 11) is -1.59. The lowest BCUT2D eigenvalue weighted by Crippen LogP contribution is -2.33. The lowest BCUT2D eigenvalue weighted by Gasteiger charge is -2.21. The van der Waals surface area contributed by atoms with E-state index in [1.807, 2.05) is 14.0 Å². The van der Waals surface area contributed by atoms with Gasteiger partial charge in [0, 0.05) is 24.2 Å². The van der Waals surface area contributed by atoms with Crippen LogP contribution in [-0.4, -0.2) is 32.4 Å². The number of nitrogens with zero attached hydrogens (tertiary/aromatic N) is 1. The second kappa shape index (κ2) is 5.79. The Balaban J connectivity index is 2.33. The Hall–Kier alpha value is -0.620. The van der Waals surface area contributed by atoms with E-state index < -0.39 is 10.0 Å². The lowest BCUT2D eigenvalue weighted by atomic mass is 10.2. The van der Waals surface area contributed by atoms with Crippen LogP contribution in [0.15, 0.2) is 23.1 Å². The molecule has 0 amide bonds. The van der Waals surface area contributed by atoms with Gasteiger partial charge in [0.15, 0.2) is 0 Å². The molecule has 0 saturated carbocycles. The molecule has 4 nitrogen and oxygen atoms in total. The zero-order valence-electron chi connectivity index (χ0n) is 11.2. The second-order valence-corrected chi connectivity index (χ2v) is 7.19. The van der Waals surface area contributed by atoms with Gasteiger partial charge < -0.3 is 5.32 Å². The van der Waals surface area contributed by atoms with Crippen LogP contribution in [-0.2, 0) is 16.6 Å². The molecule has 0 bridgehead atoms. The standard InChI is InChI=1S/C13H19ClN2O2S/c1-10-4-3-7-16(10)19(17,18)12-6-5-11(9-15-2)13(14)8-12/h5-6,8,10,15H,3-4,7,9H2,1-2H3. The highest BCUT2D eigenvalue weighted by Crippen LogP contribution is 2.28. The van der Waals surface area contributed by atoms with E-state index in [0.29, 0.717) is 18.1 Å². The van der Waals surface area contributed by atoms with Crippen molar-refractivity contribution in [3.63, 3.8) is 0 Å². The minimum Gasteiger partial charge on any atom is -0.316 e. The van der Waals surface area contributed by atoms with E-state index in [4.69, 9.17) is 11.6 Å². The number of benzene rings is 1. The topological polar surface area (TPSA) is 49.4 Å². The van der Waals surface area contributed by atoms with Gasteiger partial charge in [0.2, 0.25) is 10.0 Å². The molecule has 19 heavy (non-hydrogen) atoms. The number of sulfonamides is 1. The highest BCUT2D eigenvalue weighted by Gasteiger charge is 2.32. The SMILES string of the molecule is CNCc1ccc(S(=O)(=O)N2CCCC2C)cc1Cl. The zero-order valence-corrected chi connectivity index (χ0v) is 12.8. The van der Waals surface area contributed by atoms with Crippen LogP contribution >= 0.6 is 11.6 Å². The van der Waals surface area contributed by atoms with Gasteiger partial charge in [-0.05, 0) is 44.5 Å². The van der Waals surface area contributed by atoms with Crippen LogP contribution in [0, 0.1) is 0 Å². The molecular weight excluding hydrogens is 284 g/mol. The molecule has 106 valence electrons. The molecule has 1 fully saturated rings. The van der Waals surface area contributed by atoms with Crippen molar-refractivity contribution in [1.82, 2.24) is 9.62 Å². The van der Waals surface area contributed by atoms with E-state index in [-0.39, 0.29) is 10.9 Å². The van der Waals surface area contributed by atoms with Crippen molar-refractivity contribution in [2.45, 2.75) is 37.2 Å². The summed E-state index contributed by atoms with van der Waals surface area (Å²) in [5.41, 5.74) is 0.901. The first-order chi connectivity index (χ1) is 8.96. The van der Waals surface area contributed by atoms with E-state index in [1.54, 1.807) is 22.5 Å². The highest BCUT2D eigenvalue weighted by atomic mass is 35.5. The van der Waals surface area contributed by atoms with Crippen molar-refractivity contribution in [2.75, 3.05) is 13.6 Å². The lowest BCUT2D eigenvalue weighted by molar-refractivity contribution is 0.408. The summed E-state index contributed by atoms with van der Waals surface area (Å²) >= 11 is 6.13. The minimum atomic E-state index is -3.41. The van der Waals surface area contributed by atoms with Gasteiger partial charge in [0.25, 0.3) is 0 Å². The predicted octanol–water partition coefficient (Wildman–Crippen LogP) is 2.23. The van der Waals surface area contributed by atoms with Crippen molar-refractivity contribution < 1.29 is 8.42 Å². The van der Waals surface area contributed by atoms with Gasteiger partial charge in [-0.25, -0.2) is 8.42 Å². The van der Waals surface area contributed by atoms with E-state index in [0.717, 1.165) is 18.4 Å². The van der Waals surface area contributed by atoms with Crippen molar-refractivity contribution in [3.8, 4) is 0 Å². The van der Waals surface area contributed by atoms with Crippen LogP contribution in [0.3, 0.4) is 0 Å². The molecular formula is C13H19ClN2O2S. The Morgan fingerprint density at radius 1 is 1.47 bits per heavy atom. The van der Waals surface area contributed by atoms with Crippen LogP contribution in [0.2, 0.25) is 5.02 Å².